The molecule has 2 heterocycles. The van der Waals surface area contributed by atoms with E-state index in [1.165, 1.54) is 12.8 Å². The lowest BCUT2D eigenvalue weighted by Gasteiger charge is -2.09. The minimum atomic E-state index is 0.0526. The van der Waals surface area contributed by atoms with Crippen molar-refractivity contribution in [3.63, 3.8) is 0 Å². The fourth-order valence-electron chi connectivity index (χ4n) is 2.12. The van der Waals surface area contributed by atoms with Crippen LogP contribution >= 0.6 is 0 Å². The predicted molar refractivity (Wildman–Crippen MR) is 67.9 cm³/mol. The van der Waals surface area contributed by atoms with Crippen molar-refractivity contribution in [3.05, 3.63) is 23.9 Å². The highest BCUT2D eigenvalue weighted by Crippen LogP contribution is 2.12. The Bertz CT molecular complexity index is 386. The molecular formula is C13H19N3O. The molecule has 0 spiro atoms. The summed E-state index contributed by atoms with van der Waals surface area (Å²) in [6.07, 6.45) is 5.61. The Kier molecular flexibility index (Phi) is 4.09. The van der Waals surface area contributed by atoms with Gasteiger partial charge in [-0.3, -0.25) is 4.79 Å². The number of anilines is 1. The van der Waals surface area contributed by atoms with Crippen LogP contribution in [-0.2, 0) is 4.79 Å². The maximum absolute atomic E-state index is 11.7. The molecule has 1 fully saturated rings. The fraction of sp³-hybridized carbons (Fsp3) is 0.538. The summed E-state index contributed by atoms with van der Waals surface area (Å²) in [6.45, 7) is 3.07. The molecule has 0 saturated carbocycles. The van der Waals surface area contributed by atoms with Gasteiger partial charge in [-0.25, -0.2) is 4.98 Å². The average Bonchev–Trinajstić information content (AvgIpc) is 2.79. The quantitative estimate of drug-likeness (QED) is 0.834. The van der Waals surface area contributed by atoms with Gasteiger partial charge in [0.25, 0.3) is 0 Å². The van der Waals surface area contributed by atoms with Crippen LogP contribution in [-0.4, -0.2) is 23.5 Å². The number of amides is 1. The SMILES string of the molecule is Cc1ccnc(NC(=O)CCC2CCCN2)c1. The van der Waals surface area contributed by atoms with Gasteiger partial charge in [-0.2, -0.15) is 0 Å². The largest absolute Gasteiger partial charge is 0.314 e. The molecule has 1 atom stereocenters. The van der Waals surface area contributed by atoms with Crippen molar-refractivity contribution >= 4 is 11.7 Å². The van der Waals surface area contributed by atoms with E-state index in [0.717, 1.165) is 18.5 Å². The molecule has 1 aromatic heterocycles. The fourth-order valence-corrected chi connectivity index (χ4v) is 2.12. The summed E-state index contributed by atoms with van der Waals surface area (Å²) in [7, 11) is 0. The van der Waals surface area contributed by atoms with Gasteiger partial charge < -0.3 is 10.6 Å². The Balaban J connectivity index is 1.76. The van der Waals surface area contributed by atoms with Gasteiger partial charge >= 0.3 is 0 Å². The van der Waals surface area contributed by atoms with E-state index in [9.17, 15) is 4.79 Å². The summed E-state index contributed by atoms with van der Waals surface area (Å²) in [6, 6.07) is 4.32. The highest BCUT2D eigenvalue weighted by molar-refractivity contribution is 5.89. The minimum absolute atomic E-state index is 0.0526. The van der Waals surface area contributed by atoms with Crippen molar-refractivity contribution in [1.29, 1.82) is 0 Å². The molecule has 0 radical (unpaired) electrons. The van der Waals surface area contributed by atoms with Crippen molar-refractivity contribution in [2.45, 2.75) is 38.6 Å². The molecule has 0 bridgehead atoms. The van der Waals surface area contributed by atoms with Gasteiger partial charge in [-0.15, -0.1) is 0 Å². The van der Waals surface area contributed by atoms with Crippen LogP contribution in [0.25, 0.3) is 0 Å². The van der Waals surface area contributed by atoms with E-state index in [1.807, 2.05) is 19.1 Å². The highest BCUT2D eigenvalue weighted by atomic mass is 16.1. The van der Waals surface area contributed by atoms with Crippen LogP contribution in [0.15, 0.2) is 18.3 Å². The molecule has 4 nitrogen and oxygen atoms in total. The van der Waals surface area contributed by atoms with E-state index in [-0.39, 0.29) is 5.91 Å². The van der Waals surface area contributed by atoms with Crippen LogP contribution in [0.4, 0.5) is 5.82 Å². The zero-order valence-electron chi connectivity index (χ0n) is 10.2. The topological polar surface area (TPSA) is 54.0 Å². The molecule has 2 N–H and O–H groups in total. The average molecular weight is 233 g/mol. The number of pyridine rings is 1. The summed E-state index contributed by atoms with van der Waals surface area (Å²) >= 11 is 0. The molecule has 1 aliphatic rings. The van der Waals surface area contributed by atoms with Crippen molar-refractivity contribution in [1.82, 2.24) is 10.3 Å². The Morgan fingerprint density at radius 3 is 3.24 bits per heavy atom. The molecule has 1 unspecified atom stereocenters. The van der Waals surface area contributed by atoms with Gasteiger partial charge in [0.1, 0.15) is 5.82 Å². The predicted octanol–water partition coefficient (Wildman–Crippen LogP) is 1.86. The summed E-state index contributed by atoms with van der Waals surface area (Å²) in [5.74, 6) is 0.700. The second kappa shape index (κ2) is 5.77. The number of carbonyl (C=O) groups is 1. The first kappa shape index (κ1) is 12.0. The maximum atomic E-state index is 11.7. The van der Waals surface area contributed by atoms with E-state index in [0.29, 0.717) is 18.3 Å². The number of aromatic nitrogens is 1. The van der Waals surface area contributed by atoms with E-state index < -0.39 is 0 Å². The Hall–Kier alpha value is -1.42. The molecule has 1 aliphatic heterocycles. The summed E-state index contributed by atoms with van der Waals surface area (Å²) in [5.41, 5.74) is 1.10. The Morgan fingerprint density at radius 2 is 2.53 bits per heavy atom. The van der Waals surface area contributed by atoms with Crippen molar-refractivity contribution in [2.24, 2.45) is 0 Å². The Morgan fingerprint density at radius 1 is 1.65 bits per heavy atom. The molecule has 4 heteroatoms. The maximum Gasteiger partial charge on any atom is 0.225 e. The van der Waals surface area contributed by atoms with Crippen LogP contribution in [0, 0.1) is 6.92 Å². The van der Waals surface area contributed by atoms with E-state index in [1.54, 1.807) is 6.20 Å². The van der Waals surface area contributed by atoms with E-state index in [4.69, 9.17) is 0 Å². The highest BCUT2D eigenvalue weighted by Gasteiger charge is 2.15. The van der Waals surface area contributed by atoms with Crippen LogP contribution in [0.1, 0.15) is 31.2 Å². The minimum Gasteiger partial charge on any atom is -0.314 e. The number of hydrogen-bond donors (Lipinski definition) is 2. The molecule has 92 valence electrons. The number of nitrogens with one attached hydrogen (secondary N) is 2. The molecule has 0 aromatic carbocycles. The number of aryl methyl sites for hydroxylation is 1. The van der Waals surface area contributed by atoms with Crippen LogP contribution in [0.3, 0.4) is 0 Å². The van der Waals surface area contributed by atoms with Crippen LogP contribution < -0.4 is 10.6 Å². The van der Waals surface area contributed by atoms with Crippen molar-refractivity contribution in [3.8, 4) is 0 Å². The number of hydrogen-bond acceptors (Lipinski definition) is 3. The standard InChI is InChI=1S/C13H19N3O/c1-10-6-8-15-12(9-10)16-13(17)5-4-11-3-2-7-14-11/h6,8-9,11,14H,2-5,7H2,1H3,(H,15,16,17). The molecule has 0 aliphatic carbocycles. The third-order valence-corrected chi connectivity index (χ3v) is 3.07. The van der Waals surface area contributed by atoms with E-state index >= 15 is 0 Å². The first-order valence-corrected chi connectivity index (χ1v) is 6.20. The molecule has 17 heavy (non-hydrogen) atoms. The van der Waals surface area contributed by atoms with Crippen molar-refractivity contribution < 1.29 is 4.79 Å². The van der Waals surface area contributed by atoms with Crippen LogP contribution in [0.2, 0.25) is 0 Å². The lowest BCUT2D eigenvalue weighted by atomic mass is 10.1. The smallest absolute Gasteiger partial charge is 0.225 e. The van der Waals surface area contributed by atoms with Gasteiger partial charge in [0.15, 0.2) is 0 Å². The zero-order valence-corrected chi connectivity index (χ0v) is 10.2. The van der Waals surface area contributed by atoms with Gasteiger partial charge in [0, 0.05) is 18.7 Å². The number of rotatable bonds is 4. The second-order valence-corrected chi connectivity index (χ2v) is 4.60. The Labute approximate surface area is 102 Å². The van der Waals surface area contributed by atoms with Gasteiger partial charge in [0.05, 0.1) is 0 Å². The molecule has 1 amide bonds. The van der Waals surface area contributed by atoms with Gasteiger partial charge in [0.2, 0.25) is 5.91 Å². The second-order valence-electron chi connectivity index (χ2n) is 4.60. The third kappa shape index (κ3) is 3.82. The zero-order chi connectivity index (χ0) is 12.1. The van der Waals surface area contributed by atoms with E-state index in [2.05, 4.69) is 15.6 Å². The lowest BCUT2D eigenvalue weighted by molar-refractivity contribution is -0.116. The van der Waals surface area contributed by atoms with Gasteiger partial charge in [-0.05, 0) is 50.4 Å². The normalized spacial score (nSPS) is 19.2. The van der Waals surface area contributed by atoms with Crippen LogP contribution in [0.5, 0.6) is 0 Å². The summed E-state index contributed by atoms with van der Waals surface area (Å²) < 4.78 is 0. The van der Waals surface area contributed by atoms with Crippen molar-refractivity contribution in [2.75, 3.05) is 11.9 Å². The lowest BCUT2D eigenvalue weighted by Crippen LogP contribution is -2.23. The molecular weight excluding hydrogens is 214 g/mol. The number of nitrogens with zero attached hydrogens (tertiary/aromatic N) is 1. The molecule has 1 saturated heterocycles. The third-order valence-electron chi connectivity index (χ3n) is 3.07. The first-order valence-electron chi connectivity index (χ1n) is 6.20. The first-order chi connectivity index (χ1) is 8.24. The summed E-state index contributed by atoms with van der Waals surface area (Å²) in [5, 5.41) is 6.22. The molecule has 1 aromatic rings. The monoisotopic (exact) mass is 233 g/mol. The molecule has 2 rings (SSSR count). The van der Waals surface area contributed by atoms with Gasteiger partial charge in [-0.1, -0.05) is 0 Å². The number of carbonyl (C=O) groups excluding carboxylic acids is 1. The summed E-state index contributed by atoms with van der Waals surface area (Å²) in [4.78, 5) is 15.8.